The van der Waals surface area contributed by atoms with Crippen LogP contribution in [0.1, 0.15) is 6.42 Å². The van der Waals surface area contributed by atoms with Gasteiger partial charge in [0.2, 0.25) is 0 Å². The quantitative estimate of drug-likeness (QED) is 0.711. The molecule has 6 nitrogen and oxygen atoms in total. The van der Waals surface area contributed by atoms with Crippen LogP contribution in [-0.2, 0) is 4.74 Å². The molecule has 100 valence electrons. The number of aromatic nitrogens is 2. The average Bonchev–Trinajstić information content (AvgIpc) is 2.88. The fourth-order valence-electron chi connectivity index (χ4n) is 2.10. The summed E-state index contributed by atoms with van der Waals surface area (Å²) < 4.78 is 5.00. The van der Waals surface area contributed by atoms with Crippen LogP contribution in [0, 0.1) is 0 Å². The summed E-state index contributed by atoms with van der Waals surface area (Å²) in [6, 6.07) is 2.55. The van der Waals surface area contributed by atoms with Gasteiger partial charge in [0.05, 0.1) is 6.61 Å². The lowest BCUT2D eigenvalue weighted by Crippen LogP contribution is -2.29. The van der Waals surface area contributed by atoms with Gasteiger partial charge in [-0.1, -0.05) is 0 Å². The van der Waals surface area contributed by atoms with E-state index >= 15 is 0 Å². The molecule has 1 aromatic rings. The van der Waals surface area contributed by atoms with Crippen molar-refractivity contribution in [3.63, 3.8) is 0 Å². The van der Waals surface area contributed by atoms with Gasteiger partial charge in [0, 0.05) is 38.9 Å². The highest BCUT2D eigenvalue weighted by Gasteiger charge is 2.22. The molecule has 0 amide bonds. The molecule has 1 saturated heterocycles. The minimum Gasteiger partial charge on any atom is -0.383 e. The Morgan fingerprint density at radius 3 is 3.11 bits per heavy atom. The lowest BCUT2D eigenvalue weighted by atomic mass is 10.3. The van der Waals surface area contributed by atoms with Crippen LogP contribution in [0.5, 0.6) is 0 Å². The third-order valence-electron chi connectivity index (χ3n) is 3.19. The summed E-state index contributed by atoms with van der Waals surface area (Å²) in [5.41, 5.74) is 0. The molecule has 1 aliphatic heterocycles. The molecule has 0 spiro atoms. The van der Waals surface area contributed by atoms with Crippen LogP contribution in [0.25, 0.3) is 0 Å². The Balaban J connectivity index is 1.94. The summed E-state index contributed by atoms with van der Waals surface area (Å²) in [6.45, 7) is 3.47. The van der Waals surface area contributed by atoms with E-state index in [2.05, 4.69) is 25.5 Å². The Morgan fingerprint density at radius 1 is 1.50 bits per heavy atom. The molecule has 2 N–H and O–H groups in total. The Labute approximate surface area is 108 Å². The maximum absolute atomic E-state index is 5.00. The maximum atomic E-state index is 5.00. The van der Waals surface area contributed by atoms with Gasteiger partial charge in [0.1, 0.15) is 18.0 Å². The number of anilines is 2. The average molecular weight is 251 g/mol. The van der Waals surface area contributed by atoms with Gasteiger partial charge in [-0.15, -0.1) is 0 Å². The molecule has 0 aromatic carbocycles. The molecule has 0 radical (unpaired) electrons. The standard InChI is InChI=1S/C12H21N5O/c1-13-10-3-5-17(8-10)12-7-11(15-9-16-12)14-4-6-18-2/h7,9-10,13H,3-6,8H2,1-2H3,(H,14,15,16). The minimum atomic E-state index is 0.560. The number of hydrogen-bond donors (Lipinski definition) is 2. The third kappa shape index (κ3) is 3.30. The topological polar surface area (TPSA) is 62.3 Å². The van der Waals surface area contributed by atoms with Crippen LogP contribution in [0.4, 0.5) is 11.6 Å². The van der Waals surface area contributed by atoms with Crippen LogP contribution < -0.4 is 15.5 Å². The zero-order valence-electron chi connectivity index (χ0n) is 11.0. The molecule has 18 heavy (non-hydrogen) atoms. The van der Waals surface area contributed by atoms with Crippen LogP contribution in [0.15, 0.2) is 12.4 Å². The van der Waals surface area contributed by atoms with Crippen LogP contribution in [-0.4, -0.2) is 56.4 Å². The van der Waals surface area contributed by atoms with Gasteiger partial charge in [-0.2, -0.15) is 0 Å². The molecule has 1 aliphatic rings. The van der Waals surface area contributed by atoms with E-state index in [1.165, 1.54) is 0 Å². The Hall–Kier alpha value is -1.40. The summed E-state index contributed by atoms with van der Waals surface area (Å²) in [5.74, 6) is 1.84. The predicted molar refractivity (Wildman–Crippen MR) is 72.1 cm³/mol. The lowest BCUT2D eigenvalue weighted by Gasteiger charge is -2.17. The monoisotopic (exact) mass is 251 g/mol. The second kappa shape index (κ2) is 6.51. The van der Waals surface area contributed by atoms with E-state index in [1.54, 1.807) is 13.4 Å². The summed E-state index contributed by atoms with van der Waals surface area (Å²) in [6.07, 6.45) is 2.77. The normalized spacial score (nSPS) is 19.2. The van der Waals surface area contributed by atoms with Crippen molar-refractivity contribution in [1.29, 1.82) is 0 Å². The first-order valence-corrected chi connectivity index (χ1v) is 6.30. The van der Waals surface area contributed by atoms with Gasteiger partial charge >= 0.3 is 0 Å². The zero-order chi connectivity index (χ0) is 12.8. The molecule has 2 heterocycles. The van der Waals surface area contributed by atoms with Gasteiger partial charge in [-0.05, 0) is 13.5 Å². The molecule has 1 atom stereocenters. The number of ether oxygens (including phenoxy) is 1. The second-order valence-electron chi connectivity index (χ2n) is 4.40. The first-order valence-electron chi connectivity index (χ1n) is 6.30. The van der Waals surface area contributed by atoms with Crippen LogP contribution in [0.2, 0.25) is 0 Å². The fraction of sp³-hybridized carbons (Fsp3) is 0.667. The van der Waals surface area contributed by atoms with Crippen molar-refractivity contribution in [2.45, 2.75) is 12.5 Å². The summed E-state index contributed by atoms with van der Waals surface area (Å²) >= 11 is 0. The van der Waals surface area contributed by atoms with Crippen molar-refractivity contribution in [1.82, 2.24) is 15.3 Å². The van der Waals surface area contributed by atoms with E-state index in [9.17, 15) is 0 Å². The molecule has 1 unspecified atom stereocenters. The number of likely N-dealkylation sites (N-methyl/N-ethyl adjacent to an activating group) is 1. The van der Waals surface area contributed by atoms with E-state index in [1.807, 2.05) is 13.1 Å². The molecule has 0 saturated carbocycles. The Bertz CT molecular complexity index is 373. The highest BCUT2D eigenvalue weighted by Crippen LogP contribution is 2.19. The molecule has 0 bridgehead atoms. The zero-order valence-corrected chi connectivity index (χ0v) is 11.0. The number of methoxy groups -OCH3 is 1. The predicted octanol–water partition coefficient (Wildman–Crippen LogP) is 0.333. The van der Waals surface area contributed by atoms with E-state index in [0.29, 0.717) is 12.6 Å². The van der Waals surface area contributed by atoms with Crippen molar-refractivity contribution >= 4 is 11.6 Å². The van der Waals surface area contributed by atoms with Crippen LogP contribution >= 0.6 is 0 Å². The number of nitrogens with zero attached hydrogens (tertiary/aromatic N) is 3. The second-order valence-corrected chi connectivity index (χ2v) is 4.40. The van der Waals surface area contributed by atoms with Gasteiger partial charge in [0.25, 0.3) is 0 Å². The lowest BCUT2D eigenvalue weighted by molar-refractivity contribution is 0.210. The molecule has 2 rings (SSSR count). The van der Waals surface area contributed by atoms with E-state index in [0.717, 1.165) is 37.7 Å². The molecular formula is C12H21N5O. The SMILES string of the molecule is CNC1CCN(c2cc(NCCOC)ncn2)C1. The van der Waals surface area contributed by atoms with Crippen molar-refractivity contribution < 1.29 is 4.74 Å². The smallest absolute Gasteiger partial charge is 0.134 e. The molecule has 6 heteroatoms. The molecule has 1 fully saturated rings. The molecule has 1 aromatic heterocycles. The maximum Gasteiger partial charge on any atom is 0.134 e. The van der Waals surface area contributed by atoms with Gasteiger partial charge in [0.15, 0.2) is 0 Å². The Kier molecular flexibility index (Phi) is 4.72. The summed E-state index contributed by atoms with van der Waals surface area (Å²) in [5, 5.41) is 6.52. The van der Waals surface area contributed by atoms with Crippen LogP contribution in [0.3, 0.4) is 0 Å². The van der Waals surface area contributed by atoms with E-state index in [-0.39, 0.29) is 0 Å². The highest BCUT2D eigenvalue weighted by atomic mass is 16.5. The molecule has 0 aliphatic carbocycles. The highest BCUT2D eigenvalue weighted by molar-refractivity contribution is 5.49. The number of nitrogens with one attached hydrogen (secondary N) is 2. The van der Waals surface area contributed by atoms with E-state index in [4.69, 9.17) is 4.74 Å². The largest absolute Gasteiger partial charge is 0.383 e. The van der Waals surface area contributed by atoms with Crippen molar-refractivity contribution in [3.05, 3.63) is 12.4 Å². The van der Waals surface area contributed by atoms with Gasteiger partial charge in [-0.3, -0.25) is 0 Å². The Morgan fingerprint density at radius 2 is 2.39 bits per heavy atom. The summed E-state index contributed by atoms with van der Waals surface area (Å²) in [7, 11) is 3.70. The summed E-state index contributed by atoms with van der Waals surface area (Å²) in [4.78, 5) is 10.8. The van der Waals surface area contributed by atoms with Crippen molar-refractivity contribution in [2.75, 3.05) is 50.6 Å². The van der Waals surface area contributed by atoms with Crippen molar-refractivity contribution in [3.8, 4) is 0 Å². The molecular weight excluding hydrogens is 230 g/mol. The minimum absolute atomic E-state index is 0.560. The van der Waals surface area contributed by atoms with Crippen molar-refractivity contribution in [2.24, 2.45) is 0 Å². The van der Waals surface area contributed by atoms with E-state index < -0.39 is 0 Å². The number of rotatable bonds is 6. The first kappa shape index (κ1) is 13.0. The fourth-order valence-corrected chi connectivity index (χ4v) is 2.10. The number of hydrogen-bond acceptors (Lipinski definition) is 6. The van der Waals surface area contributed by atoms with Gasteiger partial charge < -0.3 is 20.3 Å². The van der Waals surface area contributed by atoms with Gasteiger partial charge in [-0.25, -0.2) is 9.97 Å². The third-order valence-corrected chi connectivity index (χ3v) is 3.19. The first-order chi connectivity index (χ1) is 8.83.